The number of halogens is 3. The van der Waals surface area contributed by atoms with Crippen LogP contribution in [-0.2, 0) is 8.09 Å². The molecule has 4 rings (SSSR count). The van der Waals surface area contributed by atoms with E-state index in [1.165, 1.54) is 5.01 Å². The molecule has 0 unspecified atom stereocenters. The predicted octanol–water partition coefficient (Wildman–Crippen LogP) is 3.88. The number of carbonyl (C=O) groups excluding carboxylic acids is 1. The number of ether oxygens (including phenoxy) is 1. The Hall–Kier alpha value is -1.59. The fourth-order valence-electron chi connectivity index (χ4n) is 2.79. The minimum atomic E-state index is -0.613. The number of hydrogen-bond acceptors (Lipinski definition) is 5. The summed E-state index contributed by atoms with van der Waals surface area (Å²) in [5.41, 5.74) is 4.46. The van der Waals surface area contributed by atoms with Crippen molar-refractivity contribution < 1.29 is 9.53 Å². The molecule has 152 valence electrons. The zero-order chi connectivity index (χ0) is 21.0. The number of aromatic nitrogens is 2. The second-order valence-corrected chi connectivity index (χ2v) is 10.3. The Bertz CT molecular complexity index is 1090. The minimum absolute atomic E-state index is 0.0489. The van der Waals surface area contributed by atoms with Crippen molar-refractivity contribution in [1.82, 2.24) is 20.6 Å². The van der Waals surface area contributed by atoms with Gasteiger partial charge in [0.05, 0.1) is 18.5 Å². The molecule has 1 amide bonds. The van der Waals surface area contributed by atoms with Crippen molar-refractivity contribution >= 4 is 64.5 Å². The van der Waals surface area contributed by atoms with Gasteiger partial charge >= 0.3 is 0 Å². The molecule has 1 aliphatic heterocycles. The molecular formula is C19H17Br3N4O3. The molecule has 0 aliphatic carbocycles. The fraction of sp³-hybridized carbons (Fsp3) is 0.211. The van der Waals surface area contributed by atoms with E-state index in [1.807, 2.05) is 42.5 Å². The first kappa shape index (κ1) is 22.1. The summed E-state index contributed by atoms with van der Waals surface area (Å²) < 4.78 is 5.04. The van der Waals surface area contributed by atoms with Gasteiger partial charge in [0.15, 0.2) is 3.36 Å². The molecule has 1 aliphatic rings. The number of methoxy groups -OCH3 is 1. The number of H-pyrrole nitrogens is 1. The van der Waals surface area contributed by atoms with Gasteiger partial charge in [-0.25, -0.2) is 10.5 Å². The van der Waals surface area contributed by atoms with E-state index in [1.54, 1.807) is 13.2 Å². The van der Waals surface area contributed by atoms with Crippen LogP contribution in [0, 0.1) is 0 Å². The van der Waals surface area contributed by atoms with Gasteiger partial charge in [-0.2, -0.15) is 5.10 Å². The monoisotopic (exact) mass is 586 g/mol. The van der Waals surface area contributed by atoms with Crippen molar-refractivity contribution in [2.45, 2.75) is 3.36 Å². The van der Waals surface area contributed by atoms with Crippen LogP contribution in [0.1, 0.15) is 15.9 Å². The van der Waals surface area contributed by atoms with Gasteiger partial charge in [-0.1, -0.05) is 36.4 Å². The summed E-state index contributed by atoms with van der Waals surface area (Å²) >= 11 is 10.3. The van der Waals surface area contributed by atoms with Crippen LogP contribution in [0.25, 0.3) is 10.8 Å². The van der Waals surface area contributed by atoms with Gasteiger partial charge in [-0.05, 0) is 59.9 Å². The Kier molecular flexibility index (Phi) is 7.23. The van der Waals surface area contributed by atoms with Gasteiger partial charge in [0.25, 0.3) is 11.5 Å². The molecule has 0 spiro atoms. The van der Waals surface area contributed by atoms with Crippen LogP contribution in [0.3, 0.4) is 0 Å². The Balaban J connectivity index is 0.000000176. The number of nitrogens with zero attached hydrogens (tertiary/aromatic N) is 2. The third-order valence-corrected chi connectivity index (χ3v) is 6.00. The van der Waals surface area contributed by atoms with Crippen molar-refractivity contribution in [2.75, 3.05) is 20.3 Å². The van der Waals surface area contributed by atoms with E-state index in [9.17, 15) is 9.59 Å². The van der Waals surface area contributed by atoms with E-state index in [0.717, 1.165) is 10.9 Å². The van der Waals surface area contributed by atoms with E-state index in [-0.39, 0.29) is 11.5 Å². The third kappa shape index (κ3) is 4.95. The highest BCUT2D eigenvalue weighted by molar-refractivity contribution is 9.24. The number of nitrogens with one attached hydrogen (secondary N) is 2. The van der Waals surface area contributed by atoms with Crippen LogP contribution < -0.4 is 11.0 Å². The lowest BCUT2D eigenvalue weighted by atomic mass is 10.1. The molecule has 10 heteroatoms. The highest BCUT2D eigenvalue weighted by atomic mass is 79.9. The number of amides is 1. The Labute approximate surface area is 192 Å². The molecule has 2 aromatic carbocycles. The van der Waals surface area contributed by atoms with Crippen molar-refractivity contribution in [2.24, 2.45) is 0 Å². The quantitative estimate of drug-likeness (QED) is 0.358. The molecule has 0 radical (unpaired) electrons. The first-order valence-corrected chi connectivity index (χ1v) is 10.9. The number of rotatable bonds is 3. The standard InChI is InChI=1S/C11H12Br2N2O2.C8H5BrN2O/c1-17-7-6-15-10(16)8-4-2-3-5-9(8)11(12,13)14-15;9-7-5-3-1-2-4-6(5)8(12)11-10-7/h2-5,14H,6-7H2,1H3;1-4H,(H,11,12). The number of benzene rings is 2. The predicted molar refractivity (Wildman–Crippen MR) is 122 cm³/mol. The summed E-state index contributed by atoms with van der Waals surface area (Å²) in [5, 5.41) is 9.20. The molecule has 1 aromatic heterocycles. The van der Waals surface area contributed by atoms with Gasteiger partial charge in [0.1, 0.15) is 4.60 Å². The maximum absolute atomic E-state index is 12.2. The van der Waals surface area contributed by atoms with Gasteiger partial charge in [0.2, 0.25) is 0 Å². The summed E-state index contributed by atoms with van der Waals surface area (Å²) in [6.45, 7) is 0.972. The van der Waals surface area contributed by atoms with E-state index in [2.05, 4.69) is 63.4 Å². The average Bonchev–Trinajstić information content (AvgIpc) is 2.73. The van der Waals surface area contributed by atoms with E-state index < -0.39 is 3.36 Å². The zero-order valence-corrected chi connectivity index (χ0v) is 20.0. The van der Waals surface area contributed by atoms with Crippen LogP contribution in [0.15, 0.2) is 57.9 Å². The molecule has 0 atom stereocenters. The van der Waals surface area contributed by atoms with Crippen LogP contribution >= 0.6 is 47.8 Å². The maximum Gasteiger partial charge on any atom is 0.272 e. The lowest BCUT2D eigenvalue weighted by Crippen LogP contribution is -2.54. The first-order chi connectivity index (χ1) is 13.8. The smallest absolute Gasteiger partial charge is 0.272 e. The normalized spacial score (nSPS) is 14.9. The third-order valence-electron chi connectivity index (χ3n) is 4.18. The number of fused-ring (bicyclic) bond motifs is 2. The molecule has 0 saturated carbocycles. The number of hydrogen-bond donors (Lipinski definition) is 2. The van der Waals surface area contributed by atoms with Crippen LogP contribution in [0.2, 0.25) is 0 Å². The molecule has 0 fully saturated rings. The largest absolute Gasteiger partial charge is 0.383 e. The van der Waals surface area contributed by atoms with Gasteiger partial charge in [-0.15, -0.1) is 0 Å². The number of hydrazine groups is 1. The maximum atomic E-state index is 12.2. The molecule has 2 N–H and O–H groups in total. The molecule has 2 heterocycles. The lowest BCUT2D eigenvalue weighted by molar-refractivity contribution is 0.0524. The lowest BCUT2D eigenvalue weighted by Gasteiger charge is -2.37. The van der Waals surface area contributed by atoms with Crippen molar-refractivity contribution in [3.05, 3.63) is 74.6 Å². The molecule has 0 saturated heterocycles. The van der Waals surface area contributed by atoms with Crippen LogP contribution in [0.4, 0.5) is 0 Å². The van der Waals surface area contributed by atoms with E-state index in [4.69, 9.17) is 4.74 Å². The average molecular weight is 589 g/mol. The Morgan fingerprint density at radius 3 is 2.41 bits per heavy atom. The molecule has 29 heavy (non-hydrogen) atoms. The van der Waals surface area contributed by atoms with Gasteiger partial charge < -0.3 is 4.74 Å². The molecule has 7 nitrogen and oxygen atoms in total. The Morgan fingerprint density at radius 1 is 1.07 bits per heavy atom. The highest BCUT2D eigenvalue weighted by Crippen LogP contribution is 2.40. The Morgan fingerprint density at radius 2 is 1.72 bits per heavy atom. The molecular weight excluding hydrogens is 572 g/mol. The van der Waals surface area contributed by atoms with E-state index in [0.29, 0.717) is 28.7 Å². The van der Waals surface area contributed by atoms with E-state index >= 15 is 0 Å². The molecule has 3 aromatic rings. The SMILES string of the molecule is COCCN1NC(Br)(Br)c2ccccc2C1=O.O=c1[nH]nc(Br)c2ccccc12. The van der Waals surface area contributed by atoms with Crippen molar-refractivity contribution in [3.63, 3.8) is 0 Å². The van der Waals surface area contributed by atoms with Crippen LogP contribution in [0.5, 0.6) is 0 Å². The second-order valence-electron chi connectivity index (χ2n) is 6.07. The van der Waals surface area contributed by atoms with Gasteiger partial charge in [-0.3, -0.25) is 14.6 Å². The summed E-state index contributed by atoms with van der Waals surface area (Å²) in [6, 6.07) is 14.8. The molecule has 0 bridgehead atoms. The first-order valence-electron chi connectivity index (χ1n) is 8.54. The number of alkyl halides is 2. The van der Waals surface area contributed by atoms with Crippen LogP contribution in [-0.4, -0.2) is 41.4 Å². The highest BCUT2D eigenvalue weighted by Gasteiger charge is 2.38. The zero-order valence-electron chi connectivity index (χ0n) is 15.3. The second kappa shape index (κ2) is 9.48. The summed E-state index contributed by atoms with van der Waals surface area (Å²) in [7, 11) is 1.61. The fourth-order valence-corrected chi connectivity index (χ4v) is 4.34. The topological polar surface area (TPSA) is 87.3 Å². The van der Waals surface area contributed by atoms with Crippen molar-refractivity contribution in [3.8, 4) is 0 Å². The summed E-state index contributed by atoms with van der Waals surface area (Å²) in [6.07, 6.45) is 0. The number of carbonyl (C=O) groups is 1. The minimum Gasteiger partial charge on any atom is -0.383 e. The summed E-state index contributed by atoms with van der Waals surface area (Å²) in [5.74, 6) is -0.0489. The van der Waals surface area contributed by atoms with Crippen molar-refractivity contribution in [1.29, 1.82) is 0 Å². The van der Waals surface area contributed by atoms with Gasteiger partial charge in [0, 0.05) is 23.6 Å². The number of aromatic amines is 1. The summed E-state index contributed by atoms with van der Waals surface area (Å²) in [4.78, 5) is 23.4.